The van der Waals surface area contributed by atoms with Gasteiger partial charge in [0.1, 0.15) is 18.1 Å². The van der Waals surface area contributed by atoms with Crippen LogP contribution in [0.15, 0.2) is 47.1 Å². The molecule has 3 rings (SSSR count). The molecular formula is C21H25FN2O3. The predicted molar refractivity (Wildman–Crippen MR) is 99.0 cm³/mol. The zero-order valence-corrected chi connectivity index (χ0v) is 15.6. The maximum Gasteiger partial charge on any atom is 0.242 e. The maximum absolute atomic E-state index is 13.2. The van der Waals surface area contributed by atoms with E-state index >= 15 is 0 Å². The Bertz CT molecular complexity index is 754. The molecule has 0 saturated heterocycles. The molecule has 1 saturated carbocycles. The number of benzene rings is 1. The highest BCUT2D eigenvalue weighted by molar-refractivity contribution is 5.85. The molecule has 5 nitrogen and oxygen atoms in total. The number of nitrogens with zero attached hydrogens (tertiary/aromatic N) is 2. The van der Waals surface area contributed by atoms with Gasteiger partial charge in [-0.25, -0.2) is 4.39 Å². The van der Waals surface area contributed by atoms with E-state index in [-0.39, 0.29) is 30.2 Å². The maximum atomic E-state index is 13.2. The quantitative estimate of drug-likeness (QED) is 0.674. The first-order chi connectivity index (χ1) is 13.1. The summed E-state index contributed by atoms with van der Waals surface area (Å²) in [5.41, 5.74) is 0.828. The average Bonchev–Trinajstić information content (AvgIpc) is 3.36. The molecule has 0 spiro atoms. The zero-order chi connectivity index (χ0) is 19.2. The molecule has 2 aromatic rings. The molecule has 1 aliphatic rings. The summed E-state index contributed by atoms with van der Waals surface area (Å²) in [4.78, 5) is 28.8. The molecule has 0 radical (unpaired) electrons. The highest BCUT2D eigenvalue weighted by atomic mass is 19.1. The zero-order valence-electron chi connectivity index (χ0n) is 15.6. The van der Waals surface area contributed by atoms with Gasteiger partial charge in [0.25, 0.3) is 0 Å². The lowest BCUT2D eigenvalue weighted by atomic mass is 10.2. The molecule has 1 heterocycles. The normalized spacial score (nSPS) is 13.4. The van der Waals surface area contributed by atoms with Crippen LogP contribution in [-0.4, -0.2) is 34.2 Å². The summed E-state index contributed by atoms with van der Waals surface area (Å²) >= 11 is 0. The summed E-state index contributed by atoms with van der Waals surface area (Å²) in [5.74, 6) is 0.260. The van der Waals surface area contributed by atoms with E-state index in [4.69, 9.17) is 4.42 Å². The molecule has 0 aliphatic heterocycles. The second kappa shape index (κ2) is 8.84. The Kier molecular flexibility index (Phi) is 6.27. The molecular weight excluding hydrogens is 347 g/mol. The van der Waals surface area contributed by atoms with E-state index in [1.54, 1.807) is 34.3 Å². The Balaban J connectivity index is 1.72. The van der Waals surface area contributed by atoms with E-state index in [1.807, 2.05) is 13.0 Å². The van der Waals surface area contributed by atoms with Crippen molar-refractivity contribution in [1.82, 2.24) is 9.80 Å². The second-order valence-electron chi connectivity index (χ2n) is 6.96. The van der Waals surface area contributed by atoms with Crippen LogP contribution in [-0.2, 0) is 22.7 Å². The summed E-state index contributed by atoms with van der Waals surface area (Å²) in [6, 6.07) is 9.86. The molecule has 6 heteroatoms. The molecule has 0 unspecified atom stereocenters. The summed E-state index contributed by atoms with van der Waals surface area (Å²) in [6.07, 6.45) is 4.71. The first-order valence-corrected chi connectivity index (χ1v) is 9.41. The van der Waals surface area contributed by atoms with Crippen LogP contribution in [0.25, 0.3) is 0 Å². The van der Waals surface area contributed by atoms with Crippen molar-refractivity contribution < 1.29 is 18.4 Å². The van der Waals surface area contributed by atoms with Gasteiger partial charge in [-0.15, -0.1) is 0 Å². The van der Waals surface area contributed by atoms with E-state index < -0.39 is 0 Å². The molecule has 0 bridgehead atoms. The van der Waals surface area contributed by atoms with Gasteiger partial charge in [0.2, 0.25) is 11.8 Å². The molecule has 144 valence electrons. The molecule has 27 heavy (non-hydrogen) atoms. The lowest BCUT2D eigenvalue weighted by Gasteiger charge is -2.27. The highest BCUT2D eigenvalue weighted by Gasteiger charge is 2.34. The third-order valence-electron chi connectivity index (χ3n) is 4.64. The van der Waals surface area contributed by atoms with Crippen LogP contribution in [0.2, 0.25) is 0 Å². The highest BCUT2D eigenvalue weighted by Crippen LogP contribution is 2.28. The minimum atomic E-state index is -0.312. The number of hydrogen-bond donors (Lipinski definition) is 0. The van der Waals surface area contributed by atoms with E-state index in [0.717, 1.165) is 24.8 Å². The fraction of sp³-hybridized carbons (Fsp3) is 0.429. The summed E-state index contributed by atoms with van der Waals surface area (Å²) in [6.45, 7) is 2.68. The summed E-state index contributed by atoms with van der Waals surface area (Å²) in [5, 5.41) is 0. The van der Waals surface area contributed by atoms with Crippen molar-refractivity contribution in [2.45, 2.75) is 51.7 Å². The number of rotatable bonds is 9. The van der Waals surface area contributed by atoms with Crippen molar-refractivity contribution in [3.05, 3.63) is 59.8 Å². The van der Waals surface area contributed by atoms with Gasteiger partial charge in [0, 0.05) is 19.0 Å². The average molecular weight is 372 g/mol. The van der Waals surface area contributed by atoms with Crippen molar-refractivity contribution in [3.63, 3.8) is 0 Å². The number of amides is 2. The molecule has 0 N–H and O–H groups in total. The van der Waals surface area contributed by atoms with Crippen LogP contribution in [0.1, 0.15) is 43.9 Å². The topological polar surface area (TPSA) is 53.8 Å². The van der Waals surface area contributed by atoms with Crippen LogP contribution in [0.3, 0.4) is 0 Å². The lowest BCUT2D eigenvalue weighted by Crippen LogP contribution is -2.43. The van der Waals surface area contributed by atoms with Gasteiger partial charge in [0.15, 0.2) is 0 Å². The fourth-order valence-corrected chi connectivity index (χ4v) is 3.04. The third kappa shape index (κ3) is 5.42. The van der Waals surface area contributed by atoms with Crippen molar-refractivity contribution in [2.24, 2.45) is 0 Å². The SMILES string of the molecule is CCCC(=O)N(CC(=O)N(Cc1ccc(F)cc1)Cc1ccco1)C1CC1. The Morgan fingerprint density at radius 1 is 1.11 bits per heavy atom. The molecule has 2 amide bonds. The van der Waals surface area contributed by atoms with Crippen molar-refractivity contribution in [1.29, 1.82) is 0 Å². The number of carbonyl (C=O) groups is 2. The molecule has 0 atom stereocenters. The summed E-state index contributed by atoms with van der Waals surface area (Å²) < 4.78 is 18.6. The fourth-order valence-electron chi connectivity index (χ4n) is 3.04. The van der Waals surface area contributed by atoms with Gasteiger partial charge < -0.3 is 14.2 Å². The number of hydrogen-bond acceptors (Lipinski definition) is 3. The largest absolute Gasteiger partial charge is 0.467 e. The minimum absolute atomic E-state index is 0.0353. The molecule has 1 fully saturated rings. The smallest absolute Gasteiger partial charge is 0.242 e. The number of carbonyl (C=O) groups excluding carboxylic acids is 2. The first kappa shape index (κ1) is 19.1. The second-order valence-corrected chi connectivity index (χ2v) is 6.96. The number of halogens is 1. The van der Waals surface area contributed by atoms with Gasteiger partial charge in [0.05, 0.1) is 12.8 Å². The van der Waals surface area contributed by atoms with Crippen LogP contribution in [0.4, 0.5) is 4.39 Å². The van der Waals surface area contributed by atoms with Gasteiger partial charge >= 0.3 is 0 Å². The molecule has 1 aromatic carbocycles. The van der Waals surface area contributed by atoms with Gasteiger partial charge in [-0.1, -0.05) is 19.1 Å². The lowest BCUT2D eigenvalue weighted by molar-refractivity contribution is -0.142. The Morgan fingerprint density at radius 3 is 2.44 bits per heavy atom. The monoisotopic (exact) mass is 372 g/mol. The Hall–Kier alpha value is -2.63. The van der Waals surface area contributed by atoms with E-state index in [9.17, 15) is 14.0 Å². The van der Waals surface area contributed by atoms with Crippen molar-refractivity contribution in [3.8, 4) is 0 Å². The van der Waals surface area contributed by atoms with E-state index in [1.165, 1.54) is 12.1 Å². The number of furan rings is 1. The first-order valence-electron chi connectivity index (χ1n) is 9.41. The van der Waals surface area contributed by atoms with Crippen LogP contribution < -0.4 is 0 Å². The predicted octanol–water partition coefficient (Wildman–Crippen LogP) is 3.74. The minimum Gasteiger partial charge on any atom is -0.467 e. The van der Waals surface area contributed by atoms with Gasteiger partial charge in [-0.3, -0.25) is 9.59 Å². The van der Waals surface area contributed by atoms with E-state index in [0.29, 0.717) is 25.3 Å². The van der Waals surface area contributed by atoms with Crippen molar-refractivity contribution in [2.75, 3.05) is 6.54 Å². The molecule has 1 aromatic heterocycles. The van der Waals surface area contributed by atoms with Crippen LogP contribution in [0, 0.1) is 5.82 Å². The van der Waals surface area contributed by atoms with Crippen LogP contribution >= 0.6 is 0 Å². The Labute approximate surface area is 158 Å². The Morgan fingerprint density at radius 2 is 1.85 bits per heavy atom. The molecule has 1 aliphatic carbocycles. The standard InChI is InChI=1S/C21H25FN2O3/c1-2-4-20(25)24(18-10-11-18)15-21(26)23(14-19-5-3-12-27-19)13-16-6-8-17(22)9-7-16/h3,5-9,12,18H,2,4,10-11,13-15H2,1H3. The van der Waals surface area contributed by atoms with E-state index in [2.05, 4.69) is 0 Å². The third-order valence-corrected chi connectivity index (χ3v) is 4.64. The van der Waals surface area contributed by atoms with Gasteiger partial charge in [-0.05, 0) is 49.1 Å². The van der Waals surface area contributed by atoms with Crippen LogP contribution in [0.5, 0.6) is 0 Å². The summed E-state index contributed by atoms with van der Waals surface area (Å²) in [7, 11) is 0. The van der Waals surface area contributed by atoms with Crippen molar-refractivity contribution >= 4 is 11.8 Å². The van der Waals surface area contributed by atoms with Gasteiger partial charge in [-0.2, -0.15) is 0 Å².